The highest BCUT2D eigenvalue weighted by Gasteiger charge is 2.03. The van der Waals surface area contributed by atoms with Gasteiger partial charge in [-0.05, 0) is 30.3 Å². The second kappa shape index (κ2) is 5.06. The van der Waals surface area contributed by atoms with E-state index in [-0.39, 0.29) is 12.4 Å². The van der Waals surface area contributed by atoms with Crippen LogP contribution in [0.15, 0.2) is 42.5 Å². The van der Waals surface area contributed by atoms with Crippen molar-refractivity contribution in [1.29, 1.82) is 0 Å². The van der Waals surface area contributed by atoms with Crippen LogP contribution in [0.25, 0.3) is 0 Å². The SMILES string of the molecule is Nc1cccc(OCc2cc(F)ccc2Cl)c1. The van der Waals surface area contributed by atoms with Gasteiger partial charge in [0.25, 0.3) is 0 Å². The average Bonchev–Trinajstić information content (AvgIpc) is 2.30. The van der Waals surface area contributed by atoms with E-state index in [1.165, 1.54) is 18.2 Å². The molecule has 0 unspecified atom stereocenters. The van der Waals surface area contributed by atoms with Crippen molar-refractivity contribution in [3.63, 3.8) is 0 Å². The van der Waals surface area contributed by atoms with Crippen molar-refractivity contribution in [1.82, 2.24) is 0 Å². The Bertz CT molecular complexity index is 531. The fourth-order valence-corrected chi connectivity index (χ4v) is 1.59. The third-order valence-corrected chi connectivity index (χ3v) is 2.63. The molecule has 2 rings (SSSR count). The molecule has 0 atom stereocenters. The van der Waals surface area contributed by atoms with Gasteiger partial charge < -0.3 is 10.5 Å². The van der Waals surface area contributed by atoms with Crippen molar-refractivity contribution >= 4 is 17.3 Å². The summed E-state index contributed by atoms with van der Waals surface area (Å²) in [6, 6.07) is 11.2. The van der Waals surface area contributed by atoms with Gasteiger partial charge in [0.05, 0.1) is 0 Å². The highest BCUT2D eigenvalue weighted by molar-refractivity contribution is 6.31. The molecule has 0 fully saturated rings. The number of nitrogen functional groups attached to an aromatic ring is 1. The summed E-state index contributed by atoms with van der Waals surface area (Å²) in [5.41, 5.74) is 6.84. The van der Waals surface area contributed by atoms with Crippen LogP contribution in [0.2, 0.25) is 5.02 Å². The molecule has 0 bridgehead atoms. The number of halogens is 2. The van der Waals surface area contributed by atoms with Crippen molar-refractivity contribution < 1.29 is 9.13 Å². The molecule has 0 spiro atoms. The molecule has 2 aromatic rings. The van der Waals surface area contributed by atoms with Gasteiger partial charge in [0, 0.05) is 22.3 Å². The van der Waals surface area contributed by atoms with E-state index < -0.39 is 0 Å². The fourth-order valence-electron chi connectivity index (χ4n) is 1.42. The Balaban J connectivity index is 2.09. The predicted molar refractivity (Wildman–Crippen MR) is 66.6 cm³/mol. The van der Waals surface area contributed by atoms with Crippen LogP contribution >= 0.6 is 11.6 Å². The molecular weight excluding hydrogens is 241 g/mol. The van der Waals surface area contributed by atoms with Gasteiger partial charge in [0.1, 0.15) is 18.2 Å². The first kappa shape index (κ1) is 11.7. The highest BCUT2D eigenvalue weighted by atomic mass is 35.5. The average molecular weight is 252 g/mol. The second-order valence-electron chi connectivity index (χ2n) is 3.60. The number of benzene rings is 2. The summed E-state index contributed by atoms with van der Waals surface area (Å²) in [5.74, 6) is 0.297. The number of rotatable bonds is 3. The Labute approximate surface area is 104 Å². The van der Waals surface area contributed by atoms with E-state index in [1.807, 2.05) is 0 Å². The fraction of sp³-hybridized carbons (Fsp3) is 0.0769. The Morgan fingerprint density at radius 3 is 2.76 bits per heavy atom. The first-order valence-electron chi connectivity index (χ1n) is 5.07. The third-order valence-electron chi connectivity index (χ3n) is 2.26. The highest BCUT2D eigenvalue weighted by Crippen LogP contribution is 2.20. The molecule has 0 amide bonds. The van der Waals surface area contributed by atoms with Crippen LogP contribution in [-0.2, 0) is 6.61 Å². The van der Waals surface area contributed by atoms with Crippen LogP contribution in [0.4, 0.5) is 10.1 Å². The lowest BCUT2D eigenvalue weighted by Crippen LogP contribution is -1.97. The van der Waals surface area contributed by atoms with Gasteiger partial charge in [-0.1, -0.05) is 17.7 Å². The zero-order valence-corrected chi connectivity index (χ0v) is 9.75. The molecule has 0 aliphatic rings. The van der Waals surface area contributed by atoms with Crippen LogP contribution in [0.5, 0.6) is 5.75 Å². The lowest BCUT2D eigenvalue weighted by atomic mass is 10.2. The van der Waals surface area contributed by atoms with E-state index in [4.69, 9.17) is 22.1 Å². The van der Waals surface area contributed by atoms with E-state index in [9.17, 15) is 4.39 Å². The molecule has 2 nitrogen and oxygen atoms in total. The van der Waals surface area contributed by atoms with Gasteiger partial charge in [-0.25, -0.2) is 4.39 Å². The molecule has 0 aromatic heterocycles. The maximum absolute atomic E-state index is 13.0. The Kier molecular flexibility index (Phi) is 3.49. The van der Waals surface area contributed by atoms with Crippen LogP contribution in [0.1, 0.15) is 5.56 Å². The van der Waals surface area contributed by atoms with Crippen molar-refractivity contribution in [2.45, 2.75) is 6.61 Å². The zero-order valence-electron chi connectivity index (χ0n) is 8.99. The van der Waals surface area contributed by atoms with Crippen molar-refractivity contribution in [2.24, 2.45) is 0 Å². The first-order valence-corrected chi connectivity index (χ1v) is 5.45. The minimum Gasteiger partial charge on any atom is -0.489 e. The summed E-state index contributed by atoms with van der Waals surface area (Å²) in [6.45, 7) is 0.208. The molecule has 0 aliphatic carbocycles. The Morgan fingerprint density at radius 2 is 2.00 bits per heavy atom. The van der Waals surface area contributed by atoms with Crippen molar-refractivity contribution in [3.05, 3.63) is 58.9 Å². The van der Waals surface area contributed by atoms with Crippen LogP contribution in [0, 0.1) is 5.82 Å². The maximum Gasteiger partial charge on any atom is 0.123 e. The van der Waals surface area contributed by atoms with E-state index >= 15 is 0 Å². The molecule has 2 N–H and O–H groups in total. The monoisotopic (exact) mass is 251 g/mol. The molecule has 2 aromatic carbocycles. The minimum absolute atomic E-state index is 0.208. The summed E-state index contributed by atoms with van der Waals surface area (Å²) < 4.78 is 18.5. The van der Waals surface area contributed by atoms with Crippen molar-refractivity contribution in [2.75, 3.05) is 5.73 Å². The smallest absolute Gasteiger partial charge is 0.123 e. The molecular formula is C13H11ClFNO. The Hall–Kier alpha value is -1.74. The quantitative estimate of drug-likeness (QED) is 0.846. The zero-order chi connectivity index (χ0) is 12.3. The first-order chi connectivity index (χ1) is 8.15. The second-order valence-corrected chi connectivity index (χ2v) is 4.00. The molecule has 0 aliphatic heterocycles. The van der Waals surface area contributed by atoms with Crippen molar-refractivity contribution in [3.8, 4) is 5.75 Å². The summed E-state index contributed by atoms with van der Waals surface area (Å²) in [4.78, 5) is 0. The van der Waals surface area contributed by atoms with E-state index in [1.54, 1.807) is 24.3 Å². The summed E-state index contributed by atoms with van der Waals surface area (Å²) in [5, 5.41) is 0.482. The maximum atomic E-state index is 13.0. The Morgan fingerprint density at radius 1 is 1.18 bits per heavy atom. The van der Waals surface area contributed by atoms with Crippen LogP contribution in [-0.4, -0.2) is 0 Å². The van der Waals surface area contributed by atoms with Gasteiger partial charge >= 0.3 is 0 Å². The summed E-state index contributed by atoms with van der Waals surface area (Å²) >= 11 is 5.92. The van der Waals surface area contributed by atoms with E-state index in [0.717, 1.165) is 0 Å². The molecule has 4 heteroatoms. The number of hydrogen-bond donors (Lipinski definition) is 1. The molecule has 17 heavy (non-hydrogen) atoms. The molecule has 0 saturated carbocycles. The predicted octanol–water partition coefficient (Wildman–Crippen LogP) is 3.64. The molecule has 88 valence electrons. The van der Waals surface area contributed by atoms with Gasteiger partial charge in [-0.2, -0.15) is 0 Å². The number of anilines is 1. The third kappa shape index (κ3) is 3.11. The molecule has 0 heterocycles. The number of hydrogen-bond acceptors (Lipinski definition) is 2. The van der Waals surface area contributed by atoms with E-state index in [0.29, 0.717) is 22.0 Å². The molecule has 0 saturated heterocycles. The lowest BCUT2D eigenvalue weighted by Gasteiger charge is -2.08. The lowest BCUT2D eigenvalue weighted by molar-refractivity contribution is 0.306. The van der Waals surface area contributed by atoms with Crippen LogP contribution < -0.4 is 10.5 Å². The molecule has 0 radical (unpaired) electrons. The van der Waals surface area contributed by atoms with Gasteiger partial charge in [-0.3, -0.25) is 0 Å². The summed E-state index contributed by atoms with van der Waals surface area (Å²) in [7, 11) is 0. The minimum atomic E-state index is -0.333. The largest absolute Gasteiger partial charge is 0.489 e. The normalized spacial score (nSPS) is 10.2. The van der Waals surface area contributed by atoms with Crippen LogP contribution in [0.3, 0.4) is 0 Å². The van der Waals surface area contributed by atoms with Gasteiger partial charge in [0.2, 0.25) is 0 Å². The van der Waals surface area contributed by atoms with Gasteiger partial charge in [-0.15, -0.1) is 0 Å². The van der Waals surface area contributed by atoms with E-state index in [2.05, 4.69) is 0 Å². The number of nitrogens with two attached hydrogens (primary N) is 1. The number of ether oxygens (including phenoxy) is 1. The standard InChI is InChI=1S/C13H11ClFNO/c14-13-5-4-10(15)6-9(13)8-17-12-3-1-2-11(16)7-12/h1-7H,8,16H2. The topological polar surface area (TPSA) is 35.2 Å². The van der Waals surface area contributed by atoms with Gasteiger partial charge in [0.15, 0.2) is 0 Å². The summed E-state index contributed by atoms with van der Waals surface area (Å²) in [6.07, 6.45) is 0.